The fourth-order valence-electron chi connectivity index (χ4n) is 2.28. The Balaban J connectivity index is 0.000000527. The number of nitrogens with one attached hydrogen (secondary N) is 1. The molecule has 0 saturated carbocycles. The Bertz CT molecular complexity index is 759. The molecule has 0 atom stereocenters. The number of hydrogen-bond donors (Lipinski definition) is 5. The van der Waals surface area contributed by atoms with Crippen molar-refractivity contribution in [1.29, 1.82) is 0 Å². The summed E-state index contributed by atoms with van der Waals surface area (Å²) in [4.78, 5) is 23.0. The summed E-state index contributed by atoms with van der Waals surface area (Å²) in [5.41, 5.74) is 0.982. The van der Waals surface area contributed by atoms with Crippen LogP contribution in [0.25, 0.3) is 11.1 Å². The molecule has 0 heterocycles. The third kappa shape index (κ3) is 6.73. The zero-order valence-corrected chi connectivity index (χ0v) is 15.3. The normalized spacial score (nSPS) is 10.1. The first-order valence-electron chi connectivity index (χ1n) is 8.62. The maximum absolute atomic E-state index is 11.7. The lowest BCUT2D eigenvalue weighted by molar-refractivity contribution is -0.115. The SMILES string of the molecule is CCC(=O)Nc1c(C(=O)O)ccc(O)c1-c1ccccc1.CCCC(O)O. The van der Waals surface area contributed by atoms with E-state index in [9.17, 15) is 19.8 Å². The number of carboxylic acids is 1. The van der Waals surface area contributed by atoms with Crippen molar-refractivity contribution in [1.82, 2.24) is 0 Å². The standard InChI is InChI=1S/C16H15NO4.C4H10O2/c1-2-13(19)17-15-11(16(20)21)8-9-12(18)14(15)10-6-4-3-5-7-10;1-2-3-4(5)6/h3-9,18H,2H2,1H3,(H,17,19)(H,20,21);4-6H,2-3H2,1H3. The number of carboxylic acid groups (broad SMARTS) is 1. The number of aromatic hydroxyl groups is 1. The van der Waals surface area contributed by atoms with Gasteiger partial charge in [-0.3, -0.25) is 4.79 Å². The third-order valence-corrected chi connectivity index (χ3v) is 3.61. The molecule has 0 aliphatic rings. The van der Waals surface area contributed by atoms with Gasteiger partial charge in [0.2, 0.25) is 5.91 Å². The fourth-order valence-corrected chi connectivity index (χ4v) is 2.28. The summed E-state index contributed by atoms with van der Waals surface area (Å²) in [5, 5.41) is 38.2. The number of carbonyl (C=O) groups excluding carboxylic acids is 1. The van der Waals surface area contributed by atoms with Crippen LogP contribution in [-0.4, -0.2) is 38.6 Å². The number of aliphatic hydroxyl groups excluding tert-OH is 1. The number of carbonyl (C=O) groups is 2. The molecule has 5 N–H and O–H groups in total. The molecule has 2 rings (SSSR count). The molecule has 0 aromatic heterocycles. The van der Waals surface area contributed by atoms with E-state index in [1.807, 2.05) is 13.0 Å². The molecule has 0 aliphatic carbocycles. The van der Waals surface area contributed by atoms with E-state index < -0.39 is 12.3 Å². The van der Waals surface area contributed by atoms with Crippen molar-refractivity contribution in [3.8, 4) is 16.9 Å². The molecular formula is C20H25NO6. The molecular weight excluding hydrogens is 350 g/mol. The summed E-state index contributed by atoms with van der Waals surface area (Å²) in [5.74, 6) is -1.57. The highest BCUT2D eigenvalue weighted by molar-refractivity contribution is 6.06. The minimum Gasteiger partial charge on any atom is -0.507 e. The van der Waals surface area contributed by atoms with Crippen LogP contribution in [0.15, 0.2) is 42.5 Å². The van der Waals surface area contributed by atoms with Crippen LogP contribution in [0, 0.1) is 0 Å². The van der Waals surface area contributed by atoms with Crippen molar-refractivity contribution in [3.05, 3.63) is 48.0 Å². The Hall–Kier alpha value is -2.90. The average molecular weight is 375 g/mol. The number of benzene rings is 2. The number of amides is 1. The predicted molar refractivity (Wildman–Crippen MR) is 103 cm³/mol. The number of aromatic carboxylic acids is 1. The Morgan fingerprint density at radius 3 is 2.11 bits per heavy atom. The Labute approximate surface area is 157 Å². The molecule has 0 spiro atoms. The van der Waals surface area contributed by atoms with Crippen molar-refractivity contribution in [2.45, 2.75) is 39.4 Å². The Kier molecular flexibility index (Phi) is 8.98. The maximum Gasteiger partial charge on any atom is 0.337 e. The van der Waals surface area contributed by atoms with E-state index in [0.29, 0.717) is 17.5 Å². The van der Waals surface area contributed by atoms with Gasteiger partial charge in [-0.2, -0.15) is 0 Å². The molecule has 7 nitrogen and oxygen atoms in total. The molecule has 0 bridgehead atoms. The quantitative estimate of drug-likeness (QED) is 0.493. The van der Waals surface area contributed by atoms with Crippen LogP contribution in [0.4, 0.5) is 5.69 Å². The highest BCUT2D eigenvalue weighted by Crippen LogP contribution is 2.38. The van der Waals surface area contributed by atoms with Crippen molar-refractivity contribution in [2.75, 3.05) is 5.32 Å². The van der Waals surface area contributed by atoms with Crippen LogP contribution in [0.2, 0.25) is 0 Å². The monoisotopic (exact) mass is 375 g/mol. The van der Waals surface area contributed by atoms with Gasteiger partial charge in [0, 0.05) is 12.0 Å². The third-order valence-electron chi connectivity index (χ3n) is 3.61. The molecule has 2 aromatic carbocycles. The van der Waals surface area contributed by atoms with E-state index in [4.69, 9.17) is 10.2 Å². The molecule has 1 amide bonds. The summed E-state index contributed by atoms with van der Waals surface area (Å²) < 4.78 is 0. The minimum atomic E-state index is -1.17. The lowest BCUT2D eigenvalue weighted by Crippen LogP contribution is -2.14. The van der Waals surface area contributed by atoms with Crippen molar-refractivity contribution in [3.63, 3.8) is 0 Å². The van der Waals surface area contributed by atoms with Gasteiger partial charge in [-0.05, 0) is 24.1 Å². The number of phenols is 1. The van der Waals surface area contributed by atoms with E-state index in [-0.39, 0.29) is 29.3 Å². The van der Waals surface area contributed by atoms with Gasteiger partial charge in [0.05, 0.1) is 11.3 Å². The Morgan fingerprint density at radius 1 is 1.04 bits per heavy atom. The summed E-state index contributed by atoms with van der Waals surface area (Å²) in [6, 6.07) is 11.4. The predicted octanol–water partition coefficient (Wildman–Crippen LogP) is 3.20. The fraction of sp³-hybridized carbons (Fsp3) is 0.300. The smallest absolute Gasteiger partial charge is 0.337 e. The van der Waals surface area contributed by atoms with Gasteiger partial charge in [-0.25, -0.2) is 4.79 Å². The van der Waals surface area contributed by atoms with Gasteiger partial charge in [0.1, 0.15) is 5.75 Å². The van der Waals surface area contributed by atoms with Crippen molar-refractivity contribution in [2.24, 2.45) is 0 Å². The first-order chi connectivity index (χ1) is 12.8. The molecule has 0 saturated heterocycles. The van der Waals surface area contributed by atoms with Crippen LogP contribution in [-0.2, 0) is 4.79 Å². The summed E-state index contributed by atoms with van der Waals surface area (Å²) in [6.07, 6.45) is 0.427. The molecule has 146 valence electrons. The van der Waals surface area contributed by atoms with E-state index in [1.54, 1.807) is 31.2 Å². The summed E-state index contributed by atoms with van der Waals surface area (Å²) in [7, 11) is 0. The van der Waals surface area contributed by atoms with Gasteiger partial charge in [0.25, 0.3) is 0 Å². The highest BCUT2D eigenvalue weighted by atomic mass is 16.5. The van der Waals surface area contributed by atoms with Gasteiger partial charge >= 0.3 is 5.97 Å². The van der Waals surface area contributed by atoms with Crippen LogP contribution in [0.5, 0.6) is 5.75 Å². The van der Waals surface area contributed by atoms with Gasteiger partial charge < -0.3 is 25.7 Å². The van der Waals surface area contributed by atoms with Gasteiger partial charge in [0.15, 0.2) is 6.29 Å². The number of aliphatic hydroxyl groups is 2. The van der Waals surface area contributed by atoms with Crippen molar-refractivity contribution < 1.29 is 30.0 Å². The maximum atomic E-state index is 11.7. The number of rotatable bonds is 6. The molecule has 27 heavy (non-hydrogen) atoms. The Morgan fingerprint density at radius 2 is 1.67 bits per heavy atom. The van der Waals surface area contributed by atoms with Crippen LogP contribution in [0.1, 0.15) is 43.5 Å². The lowest BCUT2D eigenvalue weighted by atomic mass is 9.98. The summed E-state index contributed by atoms with van der Waals surface area (Å²) >= 11 is 0. The minimum absolute atomic E-state index is 0.0616. The second kappa shape index (κ2) is 10.9. The van der Waals surface area contributed by atoms with E-state index >= 15 is 0 Å². The second-order valence-corrected chi connectivity index (χ2v) is 5.72. The van der Waals surface area contributed by atoms with Crippen LogP contribution in [0.3, 0.4) is 0 Å². The molecule has 0 unspecified atom stereocenters. The zero-order valence-electron chi connectivity index (χ0n) is 15.3. The van der Waals surface area contributed by atoms with E-state index in [0.717, 1.165) is 6.42 Å². The lowest BCUT2D eigenvalue weighted by Gasteiger charge is -2.15. The molecule has 0 radical (unpaired) electrons. The number of phenolic OH excluding ortho intramolecular Hbond substituents is 1. The first kappa shape index (κ1) is 22.1. The number of anilines is 1. The molecule has 2 aromatic rings. The van der Waals surface area contributed by atoms with E-state index in [2.05, 4.69) is 5.32 Å². The summed E-state index contributed by atoms with van der Waals surface area (Å²) in [6.45, 7) is 3.57. The zero-order chi connectivity index (χ0) is 20.4. The highest BCUT2D eigenvalue weighted by Gasteiger charge is 2.20. The molecule has 7 heteroatoms. The molecule has 0 aliphatic heterocycles. The average Bonchev–Trinajstić information content (AvgIpc) is 2.62. The largest absolute Gasteiger partial charge is 0.507 e. The van der Waals surface area contributed by atoms with Crippen LogP contribution < -0.4 is 5.32 Å². The number of hydrogen-bond acceptors (Lipinski definition) is 5. The van der Waals surface area contributed by atoms with Gasteiger partial charge in [-0.15, -0.1) is 0 Å². The van der Waals surface area contributed by atoms with Crippen LogP contribution >= 0.6 is 0 Å². The molecule has 0 fully saturated rings. The van der Waals surface area contributed by atoms with E-state index in [1.165, 1.54) is 12.1 Å². The van der Waals surface area contributed by atoms with Gasteiger partial charge in [-0.1, -0.05) is 50.6 Å². The topological polar surface area (TPSA) is 127 Å². The van der Waals surface area contributed by atoms with Crippen molar-refractivity contribution >= 4 is 17.6 Å². The second-order valence-electron chi connectivity index (χ2n) is 5.72. The first-order valence-corrected chi connectivity index (χ1v) is 8.62.